The number of benzene rings is 2. The zero-order chi connectivity index (χ0) is 17.6. The lowest BCUT2D eigenvalue weighted by Gasteiger charge is -2.26. The van der Waals surface area contributed by atoms with E-state index in [2.05, 4.69) is 0 Å². The molecular weight excluding hydrogens is 320 g/mol. The first-order valence-corrected chi connectivity index (χ1v) is 7.99. The van der Waals surface area contributed by atoms with E-state index in [1.807, 2.05) is 37.3 Å². The Bertz CT molecular complexity index is 1050. The van der Waals surface area contributed by atoms with Crippen LogP contribution in [0.15, 0.2) is 51.7 Å². The molecule has 0 aliphatic carbocycles. The van der Waals surface area contributed by atoms with Gasteiger partial charge in [0.05, 0.1) is 13.5 Å². The predicted molar refractivity (Wildman–Crippen MR) is 92.3 cm³/mol. The highest BCUT2D eigenvalue weighted by atomic mass is 16.5. The van der Waals surface area contributed by atoms with Crippen molar-refractivity contribution in [2.75, 3.05) is 7.11 Å². The fourth-order valence-corrected chi connectivity index (χ4v) is 3.46. The molecule has 1 aromatic heterocycles. The van der Waals surface area contributed by atoms with E-state index < -0.39 is 5.63 Å². The fourth-order valence-electron chi connectivity index (χ4n) is 3.46. The summed E-state index contributed by atoms with van der Waals surface area (Å²) in [5.74, 6) is 0.479. The summed E-state index contributed by atoms with van der Waals surface area (Å²) >= 11 is 0. The molecule has 1 aliphatic heterocycles. The summed E-state index contributed by atoms with van der Waals surface area (Å²) in [4.78, 5) is 24.0. The lowest BCUT2D eigenvalue weighted by Crippen LogP contribution is -2.22. The second-order valence-electron chi connectivity index (χ2n) is 6.08. The molecule has 2 aromatic carbocycles. The van der Waals surface area contributed by atoms with E-state index in [4.69, 9.17) is 13.9 Å². The van der Waals surface area contributed by atoms with Crippen LogP contribution in [-0.4, -0.2) is 13.1 Å². The maximum atomic E-state index is 12.1. The van der Waals surface area contributed by atoms with Crippen molar-refractivity contribution in [3.05, 3.63) is 69.6 Å². The number of rotatable bonds is 2. The average Bonchev–Trinajstić information content (AvgIpc) is 2.60. The van der Waals surface area contributed by atoms with Gasteiger partial charge in [-0.05, 0) is 30.7 Å². The van der Waals surface area contributed by atoms with Crippen molar-refractivity contribution in [1.29, 1.82) is 0 Å². The largest absolute Gasteiger partial charge is 0.496 e. The maximum absolute atomic E-state index is 12.1. The Kier molecular flexibility index (Phi) is 3.57. The van der Waals surface area contributed by atoms with Gasteiger partial charge in [0.15, 0.2) is 0 Å². The molecule has 2 heterocycles. The van der Waals surface area contributed by atoms with Gasteiger partial charge in [-0.1, -0.05) is 18.2 Å². The fraction of sp³-hybridized carbons (Fsp3) is 0.200. The Morgan fingerprint density at radius 1 is 1.12 bits per heavy atom. The molecule has 0 bridgehead atoms. The third kappa shape index (κ3) is 2.48. The number of hydrogen-bond acceptors (Lipinski definition) is 5. The minimum Gasteiger partial charge on any atom is -0.496 e. The molecule has 0 N–H and O–H groups in total. The Hall–Kier alpha value is -3.08. The quantitative estimate of drug-likeness (QED) is 0.407. The normalized spacial score (nSPS) is 16.4. The van der Waals surface area contributed by atoms with E-state index in [1.54, 1.807) is 13.2 Å². The van der Waals surface area contributed by atoms with Gasteiger partial charge in [-0.2, -0.15) is 0 Å². The van der Waals surface area contributed by atoms with Crippen molar-refractivity contribution in [1.82, 2.24) is 0 Å². The number of hydrogen-bond donors (Lipinski definition) is 0. The van der Waals surface area contributed by atoms with E-state index in [1.165, 1.54) is 6.07 Å². The van der Waals surface area contributed by atoms with Crippen molar-refractivity contribution in [2.24, 2.45) is 0 Å². The second kappa shape index (κ2) is 5.77. The lowest BCUT2D eigenvalue weighted by molar-refractivity contribution is -0.135. The van der Waals surface area contributed by atoms with Crippen LogP contribution in [0.5, 0.6) is 11.5 Å². The molecule has 0 saturated carbocycles. The summed E-state index contributed by atoms with van der Waals surface area (Å²) < 4.78 is 16.4. The molecule has 126 valence electrons. The molecule has 0 saturated heterocycles. The van der Waals surface area contributed by atoms with Gasteiger partial charge < -0.3 is 13.9 Å². The average molecular weight is 336 g/mol. The number of carbonyl (C=O) groups is 1. The minimum atomic E-state index is -0.422. The second-order valence-corrected chi connectivity index (χ2v) is 6.08. The van der Waals surface area contributed by atoms with Gasteiger partial charge in [0.1, 0.15) is 17.1 Å². The Morgan fingerprint density at radius 3 is 2.72 bits per heavy atom. The van der Waals surface area contributed by atoms with Crippen LogP contribution in [0.2, 0.25) is 0 Å². The van der Waals surface area contributed by atoms with Crippen molar-refractivity contribution in [2.45, 2.75) is 19.3 Å². The first-order valence-electron chi connectivity index (χ1n) is 7.99. The van der Waals surface area contributed by atoms with Crippen LogP contribution in [0.25, 0.3) is 11.0 Å². The van der Waals surface area contributed by atoms with Crippen molar-refractivity contribution < 1.29 is 18.7 Å². The number of fused-ring (bicyclic) bond motifs is 3. The number of ether oxygens (including phenoxy) is 2. The van der Waals surface area contributed by atoms with Crippen molar-refractivity contribution >= 4 is 16.9 Å². The minimum absolute atomic E-state index is 0.157. The predicted octanol–water partition coefficient (Wildman–Crippen LogP) is 3.55. The number of para-hydroxylation sites is 1. The zero-order valence-electron chi connectivity index (χ0n) is 13.9. The van der Waals surface area contributed by atoms with E-state index >= 15 is 0 Å². The summed E-state index contributed by atoms with van der Waals surface area (Å²) in [7, 11) is 1.59. The molecular formula is C20H16O5. The summed E-state index contributed by atoms with van der Waals surface area (Å²) in [6, 6.07) is 12.6. The summed E-state index contributed by atoms with van der Waals surface area (Å²) in [5.41, 5.74) is 2.44. The summed E-state index contributed by atoms with van der Waals surface area (Å²) in [6.45, 7) is 1.86. The van der Waals surface area contributed by atoms with Gasteiger partial charge in [0.25, 0.3) is 0 Å². The molecule has 0 fully saturated rings. The molecule has 1 atom stereocenters. The van der Waals surface area contributed by atoms with Gasteiger partial charge in [0, 0.05) is 28.5 Å². The molecule has 0 unspecified atom stereocenters. The van der Waals surface area contributed by atoms with Crippen molar-refractivity contribution in [3.63, 3.8) is 0 Å². The number of methoxy groups -OCH3 is 1. The highest BCUT2D eigenvalue weighted by Crippen LogP contribution is 2.45. The number of aryl methyl sites for hydroxylation is 1. The molecule has 0 spiro atoms. The first-order chi connectivity index (χ1) is 12.1. The van der Waals surface area contributed by atoms with Crippen LogP contribution < -0.4 is 15.1 Å². The van der Waals surface area contributed by atoms with Gasteiger partial charge in [-0.15, -0.1) is 0 Å². The monoisotopic (exact) mass is 336 g/mol. The molecule has 3 aromatic rings. The molecule has 4 rings (SSSR count). The Labute approximate surface area is 143 Å². The summed E-state index contributed by atoms with van der Waals surface area (Å²) in [6.07, 6.45) is 0.157. The van der Waals surface area contributed by atoms with E-state index in [9.17, 15) is 9.59 Å². The molecule has 5 heteroatoms. The van der Waals surface area contributed by atoms with Crippen molar-refractivity contribution in [3.8, 4) is 11.5 Å². The molecule has 0 amide bonds. The smallest absolute Gasteiger partial charge is 0.336 e. The van der Waals surface area contributed by atoms with Gasteiger partial charge in [-0.3, -0.25) is 4.79 Å². The Morgan fingerprint density at radius 2 is 1.92 bits per heavy atom. The molecule has 1 aliphatic rings. The Balaban J connectivity index is 2.06. The van der Waals surface area contributed by atoms with E-state index in [0.717, 1.165) is 16.5 Å². The van der Waals surface area contributed by atoms with Crippen LogP contribution in [0.3, 0.4) is 0 Å². The first kappa shape index (κ1) is 15.4. The summed E-state index contributed by atoms with van der Waals surface area (Å²) in [5, 5.41) is 0.830. The van der Waals surface area contributed by atoms with Crippen LogP contribution in [-0.2, 0) is 4.79 Å². The molecule has 0 radical (unpaired) electrons. The van der Waals surface area contributed by atoms with E-state index in [-0.39, 0.29) is 18.3 Å². The maximum Gasteiger partial charge on any atom is 0.336 e. The molecule has 5 nitrogen and oxygen atoms in total. The zero-order valence-corrected chi connectivity index (χ0v) is 13.9. The lowest BCUT2D eigenvalue weighted by atomic mass is 9.84. The highest BCUT2D eigenvalue weighted by Gasteiger charge is 2.33. The van der Waals surface area contributed by atoms with Gasteiger partial charge in [0.2, 0.25) is 0 Å². The van der Waals surface area contributed by atoms with Crippen LogP contribution in [0.1, 0.15) is 29.0 Å². The SMILES string of the molecule is COc1ccccc1[C@H]1CC(=O)Oc2ccc3c(C)cc(=O)oc3c21. The molecule has 25 heavy (non-hydrogen) atoms. The topological polar surface area (TPSA) is 65.7 Å². The van der Waals surface area contributed by atoms with Crippen LogP contribution in [0.4, 0.5) is 0 Å². The number of carbonyl (C=O) groups excluding carboxylic acids is 1. The van der Waals surface area contributed by atoms with Gasteiger partial charge in [-0.25, -0.2) is 4.79 Å². The number of esters is 1. The highest BCUT2D eigenvalue weighted by molar-refractivity contribution is 5.90. The standard InChI is InChI=1S/C20H16O5/c1-11-9-17(21)25-20-12(11)7-8-16-19(20)14(10-18(22)24-16)13-5-3-4-6-15(13)23-2/h3-9,14H,10H2,1-2H3/t14-/m1/s1. The third-order valence-electron chi connectivity index (χ3n) is 4.58. The van der Waals surface area contributed by atoms with Crippen LogP contribution >= 0.6 is 0 Å². The van der Waals surface area contributed by atoms with Gasteiger partial charge >= 0.3 is 11.6 Å². The van der Waals surface area contributed by atoms with E-state index in [0.29, 0.717) is 22.6 Å². The third-order valence-corrected chi connectivity index (χ3v) is 4.58. The van der Waals surface area contributed by atoms with Crippen LogP contribution in [0, 0.1) is 6.92 Å².